The van der Waals surface area contributed by atoms with Crippen LogP contribution in [-0.4, -0.2) is 26.6 Å². The second-order valence-corrected chi connectivity index (χ2v) is 15.2. The molecule has 4 rings (SSSR count). The van der Waals surface area contributed by atoms with Crippen LogP contribution in [0.2, 0.25) is 0 Å². The van der Waals surface area contributed by atoms with Crippen molar-refractivity contribution in [3.8, 4) is 0 Å². The van der Waals surface area contributed by atoms with E-state index in [0.29, 0.717) is 65.5 Å². The highest BCUT2D eigenvalue weighted by molar-refractivity contribution is 7.86. The van der Waals surface area contributed by atoms with E-state index in [2.05, 4.69) is 53.7 Å². The summed E-state index contributed by atoms with van der Waals surface area (Å²) in [6.07, 6.45) is 15.0. The van der Waals surface area contributed by atoms with Gasteiger partial charge >= 0.3 is 0 Å². The van der Waals surface area contributed by atoms with Gasteiger partial charge in [-0.25, -0.2) is 0 Å². The molecule has 4 saturated carbocycles. The molecule has 0 aromatic carbocycles. The van der Waals surface area contributed by atoms with E-state index in [1.807, 2.05) is 0 Å². The quantitative estimate of drug-likeness (QED) is 0.274. The summed E-state index contributed by atoms with van der Waals surface area (Å²) >= 11 is 0. The zero-order valence-electron chi connectivity index (χ0n) is 23.3. The predicted molar refractivity (Wildman–Crippen MR) is 142 cm³/mol. The molecule has 0 radical (unpaired) electrons. The Morgan fingerprint density at radius 2 is 1.66 bits per heavy atom. The molecule has 4 fully saturated rings. The van der Waals surface area contributed by atoms with Crippen LogP contribution in [-0.2, 0) is 19.1 Å². The fourth-order valence-electron chi connectivity index (χ4n) is 9.53. The summed E-state index contributed by atoms with van der Waals surface area (Å²) in [7, 11) is -3.49. The Kier molecular flexibility index (Phi) is 7.73. The first-order chi connectivity index (χ1) is 16.3. The Hall–Kier alpha value is -0.680. The van der Waals surface area contributed by atoms with Gasteiger partial charge in [-0.15, -0.1) is 0 Å². The lowest BCUT2D eigenvalue weighted by molar-refractivity contribution is -0.158. The fraction of sp³-hybridized carbons (Fsp3) is 0.900. The number of rotatable bonds is 7. The molecule has 0 aromatic heterocycles. The van der Waals surface area contributed by atoms with Crippen LogP contribution in [0.3, 0.4) is 0 Å². The van der Waals surface area contributed by atoms with E-state index in [1.54, 1.807) is 0 Å². The molecular weight excluding hydrogens is 456 g/mol. The highest BCUT2D eigenvalue weighted by atomic mass is 32.2. The third-order valence-corrected chi connectivity index (χ3v) is 12.0. The molecule has 0 amide bonds. The Morgan fingerprint density at radius 3 is 2.29 bits per heavy atom. The maximum atomic E-state index is 13.6. The van der Waals surface area contributed by atoms with Crippen LogP contribution < -0.4 is 0 Å². The molecule has 200 valence electrons. The molecule has 0 saturated heterocycles. The summed E-state index contributed by atoms with van der Waals surface area (Å²) in [5.41, 5.74) is 0.318. The summed E-state index contributed by atoms with van der Waals surface area (Å²) in [5, 5.41) is 0. The van der Waals surface area contributed by atoms with Crippen molar-refractivity contribution >= 4 is 15.9 Å². The topological polar surface area (TPSA) is 60.4 Å². The highest BCUT2D eigenvalue weighted by Gasteiger charge is 2.62. The number of carbonyl (C=O) groups excluding carboxylic acids is 1. The Morgan fingerprint density at radius 1 is 1.00 bits per heavy atom. The van der Waals surface area contributed by atoms with Crippen LogP contribution in [0.5, 0.6) is 0 Å². The first-order valence-corrected chi connectivity index (χ1v) is 16.2. The number of Topliss-reactive ketones (excluding diaryl/α,β-unsaturated/α-hetero) is 1. The fourth-order valence-corrected chi connectivity index (χ4v) is 10.2. The van der Waals surface area contributed by atoms with Gasteiger partial charge in [0.1, 0.15) is 5.78 Å². The molecule has 0 aliphatic heterocycles. The summed E-state index contributed by atoms with van der Waals surface area (Å²) < 4.78 is 28.8. The van der Waals surface area contributed by atoms with Crippen molar-refractivity contribution in [3.63, 3.8) is 0 Å². The van der Waals surface area contributed by atoms with E-state index in [9.17, 15) is 13.2 Å². The Balaban J connectivity index is 1.51. The van der Waals surface area contributed by atoms with Crippen LogP contribution in [0.4, 0.5) is 0 Å². The van der Waals surface area contributed by atoms with Gasteiger partial charge in [-0.3, -0.25) is 8.98 Å². The molecule has 0 aromatic rings. The minimum atomic E-state index is -3.49. The second kappa shape index (κ2) is 9.89. The molecule has 10 atom stereocenters. The van der Waals surface area contributed by atoms with E-state index in [0.717, 1.165) is 19.1 Å². The summed E-state index contributed by atoms with van der Waals surface area (Å²) in [5.74, 6) is 4.68. The van der Waals surface area contributed by atoms with Gasteiger partial charge in [-0.2, -0.15) is 8.42 Å². The van der Waals surface area contributed by atoms with Crippen LogP contribution >= 0.6 is 0 Å². The Bertz CT molecular complexity index is 923. The van der Waals surface area contributed by atoms with Crippen LogP contribution in [0.1, 0.15) is 99.3 Å². The van der Waals surface area contributed by atoms with Gasteiger partial charge < -0.3 is 0 Å². The largest absolute Gasteiger partial charge is 0.299 e. The smallest absolute Gasteiger partial charge is 0.264 e. The summed E-state index contributed by atoms with van der Waals surface area (Å²) in [6.45, 7) is 14.3. The molecule has 0 bridgehead atoms. The first kappa shape index (κ1) is 27.4. The van der Waals surface area contributed by atoms with E-state index in [-0.39, 0.29) is 17.4 Å². The normalized spacial score (nSPS) is 43.6. The van der Waals surface area contributed by atoms with Crippen molar-refractivity contribution in [2.24, 2.45) is 58.2 Å². The lowest BCUT2D eigenvalue weighted by Crippen LogP contribution is -2.57. The molecule has 5 heteroatoms. The van der Waals surface area contributed by atoms with Gasteiger partial charge in [0.25, 0.3) is 10.1 Å². The zero-order chi connectivity index (χ0) is 25.8. The average Bonchev–Trinajstić information content (AvgIpc) is 3.11. The lowest BCUT2D eigenvalue weighted by Gasteiger charge is -2.60. The highest BCUT2D eigenvalue weighted by Crippen LogP contribution is 2.67. The van der Waals surface area contributed by atoms with Crippen molar-refractivity contribution in [1.29, 1.82) is 0 Å². The van der Waals surface area contributed by atoms with Gasteiger partial charge in [0.2, 0.25) is 0 Å². The molecule has 0 N–H and O–H groups in total. The van der Waals surface area contributed by atoms with Gasteiger partial charge in [-0.1, -0.05) is 53.7 Å². The van der Waals surface area contributed by atoms with Crippen LogP contribution in [0.25, 0.3) is 0 Å². The maximum absolute atomic E-state index is 13.6. The SMILES string of the molecule is CC[C@H](/C=C/[C@@H](C)[C@H]1CC[C@H]2[C@@H]3CC(=O)[C@H]4C[C@@H](OS(C)(=O)=O)CC[C@]4(C)[C@H]3CC[C@]12C)C(C)C. The van der Waals surface area contributed by atoms with Crippen molar-refractivity contribution in [2.75, 3.05) is 6.26 Å². The number of allylic oxidation sites excluding steroid dienone is 2. The maximum Gasteiger partial charge on any atom is 0.264 e. The molecule has 4 aliphatic carbocycles. The number of carbonyl (C=O) groups is 1. The van der Waals surface area contributed by atoms with Crippen LogP contribution in [0, 0.1) is 58.2 Å². The van der Waals surface area contributed by atoms with E-state index in [1.165, 1.54) is 32.1 Å². The molecule has 0 unspecified atom stereocenters. The standard InChI is InChI=1S/C30H50O4S/c1-8-21(19(2)3)10-9-20(4)24-11-12-25-23-18-28(31)27-17-22(34-35(7,32)33)13-15-30(27,6)26(23)14-16-29(24,25)5/h9-10,19-27H,8,11-18H2,1-7H3/b10-9+/t20-,21-,22+,23+,24-,25+,26+,27-,29-,30-/m1/s1. The van der Waals surface area contributed by atoms with Gasteiger partial charge in [0.05, 0.1) is 12.4 Å². The monoisotopic (exact) mass is 506 g/mol. The molecule has 4 nitrogen and oxygen atoms in total. The number of ketones is 1. The van der Waals surface area contributed by atoms with E-state index < -0.39 is 10.1 Å². The summed E-state index contributed by atoms with van der Waals surface area (Å²) in [6, 6.07) is 0. The molecule has 0 spiro atoms. The zero-order valence-corrected chi connectivity index (χ0v) is 24.1. The third-order valence-electron chi connectivity index (χ3n) is 11.4. The number of fused-ring (bicyclic) bond motifs is 5. The van der Waals surface area contributed by atoms with Gasteiger partial charge in [0, 0.05) is 12.3 Å². The third kappa shape index (κ3) is 5.07. The van der Waals surface area contributed by atoms with Crippen molar-refractivity contribution < 1.29 is 17.4 Å². The van der Waals surface area contributed by atoms with Gasteiger partial charge in [0.15, 0.2) is 0 Å². The van der Waals surface area contributed by atoms with E-state index >= 15 is 0 Å². The lowest BCUT2D eigenvalue weighted by atomic mass is 9.44. The minimum absolute atomic E-state index is 0.00604. The van der Waals surface area contributed by atoms with E-state index in [4.69, 9.17) is 4.18 Å². The first-order valence-electron chi connectivity index (χ1n) is 14.4. The molecule has 35 heavy (non-hydrogen) atoms. The number of hydrogen-bond donors (Lipinski definition) is 0. The minimum Gasteiger partial charge on any atom is -0.299 e. The van der Waals surface area contributed by atoms with Gasteiger partial charge in [-0.05, 0) is 104 Å². The Labute approximate surface area is 215 Å². The van der Waals surface area contributed by atoms with Crippen LogP contribution in [0.15, 0.2) is 12.2 Å². The molecular formula is C30H50O4S. The number of hydrogen-bond acceptors (Lipinski definition) is 4. The predicted octanol–water partition coefficient (Wildman–Crippen LogP) is 7.04. The second-order valence-electron chi connectivity index (χ2n) is 13.6. The van der Waals surface area contributed by atoms with Crippen molar-refractivity contribution in [1.82, 2.24) is 0 Å². The summed E-state index contributed by atoms with van der Waals surface area (Å²) in [4.78, 5) is 13.6. The molecule has 0 heterocycles. The average molecular weight is 507 g/mol. The van der Waals surface area contributed by atoms with Crippen molar-refractivity contribution in [2.45, 2.75) is 105 Å². The molecule has 4 aliphatic rings. The van der Waals surface area contributed by atoms with Crippen molar-refractivity contribution in [3.05, 3.63) is 12.2 Å².